The van der Waals surface area contributed by atoms with Crippen molar-refractivity contribution < 1.29 is 9.47 Å². The van der Waals surface area contributed by atoms with Crippen LogP contribution in [0.15, 0.2) is 73.3 Å². The second kappa shape index (κ2) is 6.59. The minimum absolute atomic E-state index is 0.602. The molecule has 4 rings (SSSR count). The van der Waals surface area contributed by atoms with E-state index in [0.29, 0.717) is 19.8 Å². The summed E-state index contributed by atoms with van der Waals surface area (Å²) in [6.45, 7) is 1.83. The normalized spacial score (nSPS) is 16.3. The van der Waals surface area contributed by atoms with Gasteiger partial charge in [-0.2, -0.15) is 0 Å². The lowest BCUT2D eigenvalue weighted by Crippen LogP contribution is -2.32. The number of ether oxygens (including phenoxy) is 2. The molecule has 4 nitrogen and oxygen atoms in total. The summed E-state index contributed by atoms with van der Waals surface area (Å²) >= 11 is 0. The van der Waals surface area contributed by atoms with Crippen LogP contribution in [-0.2, 0) is 28.2 Å². The minimum Gasteiger partial charge on any atom is -0.342 e. The van der Waals surface area contributed by atoms with Crippen molar-refractivity contribution in [1.29, 1.82) is 0 Å². The summed E-state index contributed by atoms with van der Waals surface area (Å²) in [4.78, 5) is 4.10. The fourth-order valence-corrected chi connectivity index (χ4v) is 3.13. The van der Waals surface area contributed by atoms with Crippen molar-refractivity contribution in [3.8, 4) is 0 Å². The van der Waals surface area contributed by atoms with E-state index in [-0.39, 0.29) is 0 Å². The van der Waals surface area contributed by atoms with Crippen LogP contribution in [0.1, 0.15) is 16.7 Å². The van der Waals surface area contributed by atoms with Gasteiger partial charge in [-0.15, -0.1) is 0 Å². The number of nitrogens with zero attached hydrogens (tertiary/aromatic N) is 2. The molecule has 2 aromatic carbocycles. The molecule has 0 amide bonds. The first-order chi connectivity index (χ1) is 11.8. The average Bonchev–Trinajstić information content (AvgIpc) is 3.30. The zero-order valence-corrected chi connectivity index (χ0v) is 13.5. The summed E-state index contributed by atoms with van der Waals surface area (Å²) in [7, 11) is 0. The summed E-state index contributed by atoms with van der Waals surface area (Å²) in [6.07, 6.45) is 6.41. The zero-order valence-electron chi connectivity index (χ0n) is 13.5. The van der Waals surface area contributed by atoms with Crippen LogP contribution >= 0.6 is 0 Å². The van der Waals surface area contributed by atoms with E-state index < -0.39 is 5.79 Å². The highest BCUT2D eigenvalue weighted by atomic mass is 16.7. The maximum Gasteiger partial charge on any atom is 0.213 e. The lowest BCUT2D eigenvalue weighted by Gasteiger charge is -2.28. The molecule has 3 aromatic rings. The van der Waals surface area contributed by atoms with Crippen LogP contribution in [-0.4, -0.2) is 22.8 Å². The zero-order chi connectivity index (χ0) is 16.2. The molecule has 0 atom stereocenters. The van der Waals surface area contributed by atoms with Crippen LogP contribution in [0.25, 0.3) is 0 Å². The predicted octanol–water partition coefficient (Wildman–Crippen LogP) is 3.37. The third-order valence-corrected chi connectivity index (χ3v) is 4.35. The second-order valence-electron chi connectivity index (χ2n) is 6.04. The van der Waals surface area contributed by atoms with Gasteiger partial charge in [0.1, 0.15) is 0 Å². The molecule has 1 aliphatic rings. The maximum atomic E-state index is 5.99. The van der Waals surface area contributed by atoms with Crippen LogP contribution < -0.4 is 0 Å². The van der Waals surface area contributed by atoms with Crippen molar-refractivity contribution in [3.63, 3.8) is 0 Å². The lowest BCUT2D eigenvalue weighted by molar-refractivity contribution is -0.176. The number of hydrogen-bond donors (Lipinski definition) is 0. The van der Waals surface area contributed by atoms with Crippen LogP contribution in [0.3, 0.4) is 0 Å². The van der Waals surface area contributed by atoms with Gasteiger partial charge in [-0.25, -0.2) is 4.98 Å². The molecule has 0 spiro atoms. The Balaban J connectivity index is 1.56. The Bertz CT molecular complexity index is 761. The Kier molecular flexibility index (Phi) is 4.15. The molecule has 0 radical (unpaired) electrons. The van der Waals surface area contributed by atoms with Gasteiger partial charge >= 0.3 is 0 Å². The number of aromatic nitrogens is 2. The topological polar surface area (TPSA) is 36.3 Å². The van der Waals surface area contributed by atoms with E-state index in [0.717, 1.165) is 12.0 Å². The van der Waals surface area contributed by atoms with Gasteiger partial charge in [0.15, 0.2) is 0 Å². The molecule has 122 valence electrons. The molecule has 2 heterocycles. The van der Waals surface area contributed by atoms with Gasteiger partial charge in [0.2, 0.25) is 5.79 Å². The highest BCUT2D eigenvalue weighted by molar-refractivity contribution is 5.30. The summed E-state index contributed by atoms with van der Waals surface area (Å²) in [6, 6.07) is 19.0. The lowest BCUT2D eigenvalue weighted by atomic mass is 10.00. The first kappa shape index (κ1) is 15.1. The summed E-state index contributed by atoms with van der Waals surface area (Å²) in [5.41, 5.74) is 3.64. The largest absolute Gasteiger partial charge is 0.342 e. The van der Waals surface area contributed by atoms with Crippen molar-refractivity contribution in [2.45, 2.75) is 18.8 Å². The van der Waals surface area contributed by atoms with Crippen molar-refractivity contribution in [2.75, 3.05) is 13.2 Å². The van der Waals surface area contributed by atoms with Gasteiger partial charge in [-0.3, -0.25) is 0 Å². The molecule has 0 bridgehead atoms. The van der Waals surface area contributed by atoms with Gasteiger partial charge < -0.3 is 14.0 Å². The molecule has 0 N–H and O–H groups in total. The number of imidazole rings is 1. The number of hydrogen-bond acceptors (Lipinski definition) is 3. The Morgan fingerprint density at radius 2 is 1.62 bits per heavy atom. The molecule has 1 aliphatic heterocycles. The molecule has 1 aromatic heterocycles. The van der Waals surface area contributed by atoms with E-state index in [2.05, 4.69) is 53.5 Å². The van der Waals surface area contributed by atoms with Crippen LogP contribution in [0.4, 0.5) is 0 Å². The van der Waals surface area contributed by atoms with Crippen LogP contribution in [0.5, 0.6) is 0 Å². The predicted molar refractivity (Wildman–Crippen MR) is 91.5 cm³/mol. The highest BCUT2D eigenvalue weighted by Crippen LogP contribution is 2.33. The van der Waals surface area contributed by atoms with E-state index in [1.54, 1.807) is 12.5 Å². The Morgan fingerprint density at radius 1 is 0.917 bits per heavy atom. The van der Waals surface area contributed by atoms with Gasteiger partial charge in [-0.05, 0) is 17.5 Å². The maximum absolute atomic E-state index is 5.99. The highest BCUT2D eigenvalue weighted by Gasteiger charge is 2.39. The third-order valence-electron chi connectivity index (χ3n) is 4.35. The number of rotatable bonds is 5. The monoisotopic (exact) mass is 320 g/mol. The molecule has 1 fully saturated rings. The summed E-state index contributed by atoms with van der Waals surface area (Å²) < 4.78 is 14.0. The molecular formula is C20H20N2O2. The third kappa shape index (κ3) is 3.11. The van der Waals surface area contributed by atoms with E-state index in [1.807, 2.05) is 16.8 Å². The van der Waals surface area contributed by atoms with Crippen molar-refractivity contribution in [2.24, 2.45) is 0 Å². The van der Waals surface area contributed by atoms with Gasteiger partial charge in [0.05, 0.1) is 26.1 Å². The van der Waals surface area contributed by atoms with Crippen LogP contribution in [0.2, 0.25) is 0 Å². The van der Waals surface area contributed by atoms with Gasteiger partial charge in [-0.1, -0.05) is 54.6 Å². The van der Waals surface area contributed by atoms with E-state index in [1.165, 1.54) is 11.1 Å². The van der Waals surface area contributed by atoms with Crippen molar-refractivity contribution in [3.05, 3.63) is 90.0 Å². The van der Waals surface area contributed by atoms with E-state index in [9.17, 15) is 0 Å². The standard InChI is InChI=1S/C20H20N2O2/c1-2-4-17(5-3-1)14-18-6-8-19(9-7-18)20(23-12-13-24-20)15-22-11-10-21-16-22/h1-11,16H,12-15H2. The van der Waals surface area contributed by atoms with E-state index in [4.69, 9.17) is 9.47 Å². The minimum atomic E-state index is -0.716. The fraction of sp³-hybridized carbons (Fsp3) is 0.250. The molecule has 1 saturated heterocycles. The smallest absolute Gasteiger partial charge is 0.213 e. The quantitative estimate of drug-likeness (QED) is 0.723. The van der Waals surface area contributed by atoms with E-state index >= 15 is 0 Å². The summed E-state index contributed by atoms with van der Waals surface area (Å²) in [5, 5.41) is 0. The molecule has 0 aliphatic carbocycles. The van der Waals surface area contributed by atoms with Crippen molar-refractivity contribution in [1.82, 2.24) is 9.55 Å². The van der Waals surface area contributed by atoms with Gasteiger partial charge in [0, 0.05) is 18.0 Å². The molecule has 0 unspecified atom stereocenters. The summed E-state index contributed by atoms with van der Waals surface area (Å²) in [5.74, 6) is -0.716. The molecular weight excluding hydrogens is 300 g/mol. The Labute approximate surface area is 141 Å². The molecule has 0 saturated carbocycles. The second-order valence-corrected chi connectivity index (χ2v) is 6.04. The average molecular weight is 320 g/mol. The fourth-order valence-electron chi connectivity index (χ4n) is 3.13. The molecule has 24 heavy (non-hydrogen) atoms. The SMILES string of the molecule is c1ccc(Cc2ccc(C3(Cn4ccnc4)OCCO3)cc2)cc1. The van der Waals surface area contributed by atoms with Crippen LogP contribution in [0, 0.1) is 0 Å². The van der Waals surface area contributed by atoms with Crippen molar-refractivity contribution >= 4 is 0 Å². The number of benzene rings is 2. The first-order valence-corrected chi connectivity index (χ1v) is 8.21. The van der Waals surface area contributed by atoms with Gasteiger partial charge in [0.25, 0.3) is 0 Å². The Morgan fingerprint density at radius 3 is 2.29 bits per heavy atom. The molecule has 4 heteroatoms. The first-order valence-electron chi connectivity index (χ1n) is 8.21. The Hall–Kier alpha value is -2.43.